The first-order valence-electron chi connectivity index (χ1n) is 5.90. The molecule has 0 radical (unpaired) electrons. The number of nitrogens with zero attached hydrogens (tertiary/aromatic N) is 1. The Bertz CT molecular complexity index is 407. The molecule has 1 aromatic rings. The topological polar surface area (TPSA) is 58.4 Å². The summed E-state index contributed by atoms with van der Waals surface area (Å²) >= 11 is 1.78. The van der Waals surface area contributed by atoms with E-state index >= 15 is 0 Å². The first-order valence-corrected chi connectivity index (χ1v) is 7.29. The summed E-state index contributed by atoms with van der Waals surface area (Å²) in [6, 6.07) is 5.39. The molecule has 0 fully saturated rings. The van der Waals surface area contributed by atoms with Gasteiger partial charge in [-0.15, -0.1) is 0 Å². The van der Waals surface area contributed by atoms with Crippen LogP contribution in [0.2, 0.25) is 0 Å². The third kappa shape index (κ3) is 4.14. The van der Waals surface area contributed by atoms with Gasteiger partial charge in [-0.1, -0.05) is 0 Å². The lowest BCUT2D eigenvalue weighted by Gasteiger charge is -2.15. The first-order chi connectivity index (χ1) is 8.56. The van der Waals surface area contributed by atoms with Crippen molar-refractivity contribution in [3.8, 4) is 0 Å². The maximum atomic E-state index is 11.9. The molecular formula is C13H21N3OS. The molecule has 1 aromatic carbocycles. The van der Waals surface area contributed by atoms with Gasteiger partial charge in [0.2, 0.25) is 0 Å². The Morgan fingerprint density at radius 3 is 2.72 bits per heavy atom. The molecule has 0 atom stereocenters. The maximum absolute atomic E-state index is 11.9. The number of nitrogens with two attached hydrogens (primary N) is 1. The van der Waals surface area contributed by atoms with E-state index in [1.165, 1.54) is 0 Å². The molecular weight excluding hydrogens is 246 g/mol. The molecule has 3 N–H and O–H groups in total. The molecule has 0 heterocycles. The average molecular weight is 267 g/mol. The number of nitrogens with one attached hydrogen (secondary N) is 1. The van der Waals surface area contributed by atoms with E-state index in [1.807, 2.05) is 25.1 Å². The van der Waals surface area contributed by atoms with Crippen molar-refractivity contribution < 1.29 is 4.79 Å². The predicted molar refractivity (Wildman–Crippen MR) is 80.5 cm³/mol. The third-order valence-corrected chi connectivity index (χ3v) is 3.28. The molecule has 18 heavy (non-hydrogen) atoms. The zero-order valence-electron chi connectivity index (χ0n) is 11.2. The zero-order chi connectivity index (χ0) is 13.5. The minimum Gasteiger partial charge on any atom is -0.397 e. The normalized spacial score (nSPS) is 10.2. The van der Waals surface area contributed by atoms with Crippen molar-refractivity contribution >= 4 is 29.0 Å². The van der Waals surface area contributed by atoms with Crippen molar-refractivity contribution in [2.45, 2.75) is 6.42 Å². The largest absolute Gasteiger partial charge is 0.397 e. The minimum atomic E-state index is -0.0619. The molecule has 0 saturated carbocycles. The van der Waals surface area contributed by atoms with Gasteiger partial charge in [0.1, 0.15) is 0 Å². The Morgan fingerprint density at radius 1 is 1.44 bits per heavy atom. The van der Waals surface area contributed by atoms with E-state index in [1.54, 1.807) is 23.9 Å². The van der Waals surface area contributed by atoms with Gasteiger partial charge in [-0.3, -0.25) is 4.79 Å². The van der Waals surface area contributed by atoms with Crippen LogP contribution in [0, 0.1) is 0 Å². The first kappa shape index (κ1) is 14.7. The van der Waals surface area contributed by atoms with Gasteiger partial charge in [0.05, 0.1) is 11.4 Å². The number of amides is 1. The van der Waals surface area contributed by atoms with Crippen molar-refractivity contribution in [1.29, 1.82) is 0 Å². The summed E-state index contributed by atoms with van der Waals surface area (Å²) in [5.41, 5.74) is 8.07. The van der Waals surface area contributed by atoms with Gasteiger partial charge in [-0.25, -0.2) is 0 Å². The SMILES string of the molecule is CSCCCNC(=O)c1ccc(N(C)C)c(N)c1. The van der Waals surface area contributed by atoms with Crippen LogP contribution >= 0.6 is 11.8 Å². The van der Waals surface area contributed by atoms with Gasteiger partial charge in [0, 0.05) is 26.2 Å². The standard InChI is InChI=1S/C13H21N3OS/c1-16(2)12-6-5-10(9-11(12)14)13(17)15-7-4-8-18-3/h5-6,9H,4,7-8,14H2,1-3H3,(H,15,17). The fraction of sp³-hybridized carbons (Fsp3) is 0.462. The Hall–Kier alpha value is -1.36. The molecule has 100 valence electrons. The lowest BCUT2D eigenvalue weighted by molar-refractivity contribution is 0.0954. The Labute approximate surface area is 113 Å². The van der Waals surface area contributed by atoms with E-state index in [9.17, 15) is 4.79 Å². The van der Waals surface area contributed by atoms with Gasteiger partial charge < -0.3 is 16.0 Å². The second-order valence-electron chi connectivity index (χ2n) is 4.27. The van der Waals surface area contributed by atoms with Crippen LogP contribution < -0.4 is 16.0 Å². The number of anilines is 2. The number of hydrogen-bond donors (Lipinski definition) is 2. The van der Waals surface area contributed by atoms with E-state index < -0.39 is 0 Å². The summed E-state index contributed by atoms with van der Waals surface area (Å²) in [4.78, 5) is 13.8. The summed E-state index contributed by atoms with van der Waals surface area (Å²) in [5, 5.41) is 2.89. The van der Waals surface area contributed by atoms with Crippen LogP contribution in [-0.2, 0) is 0 Å². The Kier molecular flexibility index (Phi) is 5.85. The molecule has 1 rings (SSSR count). The maximum Gasteiger partial charge on any atom is 0.251 e. The number of benzene rings is 1. The lowest BCUT2D eigenvalue weighted by Crippen LogP contribution is -2.25. The zero-order valence-corrected chi connectivity index (χ0v) is 12.0. The van der Waals surface area contributed by atoms with Crippen molar-refractivity contribution in [2.75, 3.05) is 43.3 Å². The Morgan fingerprint density at radius 2 is 2.17 bits per heavy atom. The molecule has 0 unspecified atom stereocenters. The van der Waals surface area contributed by atoms with E-state index in [-0.39, 0.29) is 5.91 Å². The van der Waals surface area contributed by atoms with E-state index in [4.69, 9.17) is 5.73 Å². The second kappa shape index (κ2) is 7.16. The molecule has 0 aliphatic heterocycles. The molecule has 0 spiro atoms. The number of carbonyl (C=O) groups is 1. The molecule has 0 saturated heterocycles. The number of nitrogen functional groups attached to an aromatic ring is 1. The highest BCUT2D eigenvalue weighted by atomic mass is 32.2. The minimum absolute atomic E-state index is 0.0619. The van der Waals surface area contributed by atoms with Crippen LogP contribution in [0.25, 0.3) is 0 Å². The van der Waals surface area contributed by atoms with Crippen molar-refractivity contribution in [1.82, 2.24) is 5.32 Å². The lowest BCUT2D eigenvalue weighted by atomic mass is 10.1. The highest BCUT2D eigenvalue weighted by Gasteiger charge is 2.08. The van der Waals surface area contributed by atoms with Crippen LogP contribution in [-0.4, -0.2) is 38.6 Å². The van der Waals surface area contributed by atoms with Crippen LogP contribution in [0.1, 0.15) is 16.8 Å². The molecule has 4 nitrogen and oxygen atoms in total. The fourth-order valence-corrected chi connectivity index (χ4v) is 2.06. The van der Waals surface area contributed by atoms with E-state index in [2.05, 4.69) is 11.6 Å². The quantitative estimate of drug-likeness (QED) is 0.610. The van der Waals surface area contributed by atoms with Crippen LogP contribution in [0.3, 0.4) is 0 Å². The highest BCUT2D eigenvalue weighted by molar-refractivity contribution is 7.98. The van der Waals surface area contributed by atoms with Gasteiger partial charge in [-0.05, 0) is 36.6 Å². The monoisotopic (exact) mass is 267 g/mol. The van der Waals surface area contributed by atoms with Gasteiger partial charge >= 0.3 is 0 Å². The van der Waals surface area contributed by atoms with E-state index in [0.29, 0.717) is 17.8 Å². The number of thioether (sulfide) groups is 1. The van der Waals surface area contributed by atoms with Crippen molar-refractivity contribution in [2.24, 2.45) is 0 Å². The Balaban J connectivity index is 2.61. The predicted octanol–water partition coefficient (Wildman–Crippen LogP) is 1.82. The van der Waals surface area contributed by atoms with Gasteiger partial charge in [0.25, 0.3) is 5.91 Å². The summed E-state index contributed by atoms with van der Waals surface area (Å²) in [5.74, 6) is 0.996. The second-order valence-corrected chi connectivity index (χ2v) is 5.26. The smallest absolute Gasteiger partial charge is 0.251 e. The molecule has 0 bridgehead atoms. The number of hydrogen-bond acceptors (Lipinski definition) is 4. The van der Waals surface area contributed by atoms with Crippen LogP contribution in [0.15, 0.2) is 18.2 Å². The van der Waals surface area contributed by atoms with Gasteiger partial charge in [0.15, 0.2) is 0 Å². The van der Waals surface area contributed by atoms with Crippen molar-refractivity contribution in [3.05, 3.63) is 23.8 Å². The summed E-state index contributed by atoms with van der Waals surface area (Å²) in [6.45, 7) is 0.703. The van der Waals surface area contributed by atoms with E-state index in [0.717, 1.165) is 17.9 Å². The van der Waals surface area contributed by atoms with Crippen LogP contribution in [0.4, 0.5) is 11.4 Å². The fourth-order valence-electron chi connectivity index (χ4n) is 1.62. The van der Waals surface area contributed by atoms with Gasteiger partial charge in [-0.2, -0.15) is 11.8 Å². The third-order valence-electron chi connectivity index (χ3n) is 2.58. The average Bonchev–Trinajstić information content (AvgIpc) is 2.33. The molecule has 0 aliphatic carbocycles. The van der Waals surface area contributed by atoms with Crippen LogP contribution in [0.5, 0.6) is 0 Å². The molecule has 5 heteroatoms. The number of rotatable bonds is 6. The summed E-state index contributed by atoms with van der Waals surface area (Å²) in [7, 11) is 3.85. The number of carbonyl (C=O) groups excluding carboxylic acids is 1. The van der Waals surface area contributed by atoms with Crippen molar-refractivity contribution in [3.63, 3.8) is 0 Å². The molecule has 0 aliphatic rings. The highest BCUT2D eigenvalue weighted by Crippen LogP contribution is 2.22. The summed E-state index contributed by atoms with van der Waals surface area (Å²) < 4.78 is 0. The molecule has 0 aromatic heterocycles. The molecule has 1 amide bonds. The summed E-state index contributed by atoms with van der Waals surface area (Å²) in [6.07, 6.45) is 3.04.